The second-order valence-electron chi connectivity index (χ2n) is 2.18. The molecule has 6 nitrogen and oxygen atoms in total. The van der Waals surface area contributed by atoms with E-state index in [9.17, 15) is 19.2 Å². The minimum atomic E-state index is -1.03. The molecule has 0 N–H and O–H groups in total. The van der Waals surface area contributed by atoms with Crippen molar-refractivity contribution in [2.45, 2.75) is 0 Å². The van der Waals surface area contributed by atoms with E-state index in [4.69, 9.17) is 0 Å². The first-order valence-electron chi connectivity index (χ1n) is 3.97. The summed E-state index contributed by atoms with van der Waals surface area (Å²) in [6.07, 6.45) is 4.46. The summed E-state index contributed by atoms with van der Waals surface area (Å²) in [6, 6.07) is 0. The maximum atomic E-state index is 10.8. The van der Waals surface area contributed by atoms with E-state index >= 15 is 0 Å². The van der Waals surface area contributed by atoms with Crippen LogP contribution < -0.4 is 0 Å². The van der Waals surface area contributed by atoms with E-state index in [-0.39, 0.29) is 0 Å². The summed E-state index contributed by atoms with van der Waals surface area (Å²) in [5.41, 5.74) is 0. The number of hydrogen-bond acceptors (Lipinski definition) is 6. The molecule has 6 heteroatoms. The maximum absolute atomic E-state index is 10.8. The van der Waals surface area contributed by atoms with Crippen LogP contribution in [0.5, 0.6) is 0 Å². The van der Waals surface area contributed by atoms with E-state index in [1.54, 1.807) is 0 Å². The Labute approximate surface area is 90.8 Å². The third-order valence-corrected chi connectivity index (χ3v) is 1.06. The molecule has 84 valence electrons. The molecule has 0 saturated heterocycles. The lowest BCUT2D eigenvalue weighted by Gasteiger charge is -1.93. The van der Waals surface area contributed by atoms with Crippen LogP contribution in [0.2, 0.25) is 0 Å². The number of rotatable bonds is 5. The van der Waals surface area contributed by atoms with Crippen LogP contribution in [0.15, 0.2) is 37.1 Å². The van der Waals surface area contributed by atoms with Crippen molar-refractivity contribution in [1.29, 1.82) is 0 Å². The highest BCUT2D eigenvalue weighted by Crippen LogP contribution is 1.87. The fourth-order valence-corrected chi connectivity index (χ4v) is 0.489. The fourth-order valence-electron chi connectivity index (χ4n) is 0.489. The molecular weight excluding hydrogens is 216 g/mol. The van der Waals surface area contributed by atoms with Gasteiger partial charge in [0.15, 0.2) is 0 Å². The van der Waals surface area contributed by atoms with Gasteiger partial charge in [-0.1, -0.05) is 6.58 Å². The molecule has 0 aromatic rings. The van der Waals surface area contributed by atoms with Gasteiger partial charge in [-0.25, -0.2) is 14.4 Å². The lowest BCUT2D eigenvalue weighted by molar-refractivity contribution is -0.152. The van der Waals surface area contributed by atoms with Gasteiger partial charge in [0, 0.05) is 24.3 Å². The summed E-state index contributed by atoms with van der Waals surface area (Å²) in [5, 5.41) is 0. The van der Waals surface area contributed by atoms with E-state index < -0.39 is 17.9 Å². The third kappa shape index (κ3) is 6.96. The fraction of sp³-hybridized carbons (Fsp3) is 0. The summed E-state index contributed by atoms with van der Waals surface area (Å²) in [6.45, 7) is 3.07. The highest BCUT2D eigenvalue weighted by atomic mass is 16.6. The topological polar surface area (TPSA) is 86.7 Å². The lowest BCUT2D eigenvalue weighted by atomic mass is 10.5. The highest BCUT2D eigenvalue weighted by Gasteiger charge is 2.03. The molecule has 0 aromatic carbocycles. The second kappa shape index (κ2) is 7.86. The van der Waals surface area contributed by atoms with Crippen LogP contribution in [0.3, 0.4) is 0 Å². The Balaban J connectivity index is 4.07. The zero-order valence-corrected chi connectivity index (χ0v) is 8.12. The zero-order chi connectivity index (χ0) is 12.4. The highest BCUT2D eigenvalue weighted by molar-refractivity contribution is 5.99. The van der Waals surface area contributed by atoms with E-state index in [0.717, 1.165) is 24.5 Å². The maximum Gasteiger partial charge on any atom is 0.338 e. The summed E-state index contributed by atoms with van der Waals surface area (Å²) < 4.78 is 8.42. The molecule has 0 aromatic heterocycles. The van der Waals surface area contributed by atoms with E-state index in [1.807, 2.05) is 0 Å². The predicted octanol–water partition coefficient (Wildman–Crippen LogP) is 0.0542. The van der Waals surface area contributed by atoms with Gasteiger partial charge in [-0.05, 0) is 0 Å². The van der Waals surface area contributed by atoms with Crippen molar-refractivity contribution < 1.29 is 28.7 Å². The number of allylic oxidation sites excluding steroid dienone is 1. The van der Waals surface area contributed by atoms with Gasteiger partial charge in [0.2, 0.25) is 0 Å². The number of carbonyl (C=O) groups excluding carboxylic acids is 4. The normalized spacial score (nSPS) is 10.0. The van der Waals surface area contributed by atoms with Crippen molar-refractivity contribution in [1.82, 2.24) is 0 Å². The van der Waals surface area contributed by atoms with Crippen molar-refractivity contribution in [3.05, 3.63) is 37.1 Å². The quantitative estimate of drug-likeness (QED) is 0.216. The number of esters is 3. The molecule has 0 aliphatic carbocycles. The number of hydrogen-bond donors (Lipinski definition) is 0. The Morgan fingerprint density at radius 3 is 2.19 bits per heavy atom. The first kappa shape index (κ1) is 13.5. The molecule has 0 atom stereocenters. The van der Waals surface area contributed by atoms with Crippen molar-refractivity contribution >= 4 is 24.2 Å². The van der Waals surface area contributed by atoms with Gasteiger partial charge in [0.25, 0.3) is 0 Å². The smallest absolute Gasteiger partial charge is 0.338 e. The molecular formula is C10H8O6. The molecule has 16 heavy (non-hydrogen) atoms. The first-order chi connectivity index (χ1) is 7.60. The Bertz CT molecular complexity index is 364. The molecule has 0 aliphatic heterocycles. The zero-order valence-electron chi connectivity index (χ0n) is 8.12. The molecule has 0 spiro atoms. The van der Waals surface area contributed by atoms with E-state index in [1.165, 1.54) is 0 Å². The van der Waals surface area contributed by atoms with Gasteiger partial charge in [-0.2, -0.15) is 0 Å². The van der Waals surface area contributed by atoms with Crippen LogP contribution in [-0.4, -0.2) is 24.2 Å². The van der Waals surface area contributed by atoms with Crippen molar-refractivity contribution in [2.75, 3.05) is 0 Å². The van der Waals surface area contributed by atoms with Crippen LogP contribution in [0.4, 0.5) is 0 Å². The molecule has 0 rings (SSSR count). The summed E-state index contributed by atoms with van der Waals surface area (Å²) >= 11 is 0. The van der Waals surface area contributed by atoms with Crippen molar-refractivity contribution in [2.24, 2.45) is 0 Å². The largest absolute Gasteiger partial charge is 0.431 e. The number of aldehydes is 1. The van der Waals surface area contributed by atoms with Crippen LogP contribution >= 0.6 is 0 Å². The van der Waals surface area contributed by atoms with Crippen LogP contribution in [0.1, 0.15) is 0 Å². The minimum absolute atomic E-state index is 0.411. The minimum Gasteiger partial charge on any atom is -0.431 e. The van der Waals surface area contributed by atoms with Gasteiger partial charge in [0.1, 0.15) is 6.29 Å². The number of carbonyl (C=O) groups is 4. The molecule has 0 aliphatic rings. The standard InChI is InChI=1S/C10H8O6/c1-2-8(12)16-10(14)5-4-9(13)15-7-3-6-11/h2-7H,1H2/b5-4+,7-3?. The summed E-state index contributed by atoms with van der Waals surface area (Å²) in [4.78, 5) is 41.9. The average molecular weight is 224 g/mol. The SMILES string of the molecule is C=CC(=O)OC(=O)/C=C/C(=O)OC=CC=O. The van der Waals surface area contributed by atoms with Crippen molar-refractivity contribution in [3.8, 4) is 0 Å². The monoisotopic (exact) mass is 224 g/mol. The predicted molar refractivity (Wildman–Crippen MR) is 51.7 cm³/mol. The van der Waals surface area contributed by atoms with E-state index in [2.05, 4.69) is 16.1 Å². The Morgan fingerprint density at radius 1 is 1.00 bits per heavy atom. The lowest BCUT2D eigenvalue weighted by Crippen LogP contribution is -2.07. The molecule has 0 amide bonds. The molecule has 0 unspecified atom stereocenters. The van der Waals surface area contributed by atoms with Crippen molar-refractivity contribution in [3.63, 3.8) is 0 Å². The Kier molecular flexibility index (Phi) is 6.63. The van der Waals surface area contributed by atoms with Gasteiger partial charge in [-0.3, -0.25) is 4.79 Å². The molecule has 0 fully saturated rings. The molecule has 0 radical (unpaired) electrons. The third-order valence-electron chi connectivity index (χ3n) is 1.06. The Hall–Kier alpha value is -2.50. The summed E-state index contributed by atoms with van der Waals surface area (Å²) in [7, 11) is 0. The number of ether oxygens (including phenoxy) is 2. The first-order valence-corrected chi connectivity index (χ1v) is 3.97. The van der Waals surface area contributed by atoms with Crippen LogP contribution in [0.25, 0.3) is 0 Å². The molecule has 0 heterocycles. The Morgan fingerprint density at radius 2 is 1.62 bits per heavy atom. The van der Waals surface area contributed by atoms with Crippen LogP contribution in [0, 0.1) is 0 Å². The average Bonchev–Trinajstić information content (AvgIpc) is 2.26. The van der Waals surface area contributed by atoms with Gasteiger partial charge in [0.05, 0.1) is 6.26 Å². The molecule has 0 bridgehead atoms. The van der Waals surface area contributed by atoms with Crippen LogP contribution in [-0.2, 0) is 28.7 Å². The molecule has 0 saturated carbocycles. The van der Waals surface area contributed by atoms with E-state index in [0.29, 0.717) is 12.4 Å². The van der Waals surface area contributed by atoms with Gasteiger partial charge >= 0.3 is 17.9 Å². The second-order valence-corrected chi connectivity index (χ2v) is 2.18. The van der Waals surface area contributed by atoms with Gasteiger partial charge < -0.3 is 9.47 Å². The summed E-state index contributed by atoms with van der Waals surface area (Å²) in [5.74, 6) is -2.84. The van der Waals surface area contributed by atoms with Gasteiger partial charge in [-0.15, -0.1) is 0 Å².